The summed E-state index contributed by atoms with van der Waals surface area (Å²) >= 11 is 5.09. The van der Waals surface area contributed by atoms with Crippen molar-refractivity contribution >= 4 is 64.0 Å². The maximum atomic E-state index is 12.2. The standard InChI is InChI=1S/C14H13N3O6.C10H5ClN2O5.C10H6N2O6.C4H9NO/c15-7-10(14(20)16-2-1-3-23-8-16)4-9-5-11(17(21)22)13(19)12(18)6-9;11-10(16)6(4-12)1-5-2-7(13(17)18)9(15)8(14)3-5;11-4-6(10(15)16)1-5-2-7(12(17)18)9(14)8(13)3-5;1-2-5-4-6-3-1/h4-6,18-19H,1-3,8H2;1-3,14-15H;1-3,13-14H,(H,15,16);5H,1-4H2/b10-4+;2*6-1+;. The Hall–Kier alpha value is -8.87. The van der Waals surface area contributed by atoms with Crippen molar-refractivity contribution < 1.29 is 74.4 Å². The largest absolute Gasteiger partial charge is 0.504 e. The van der Waals surface area contributed by atoms with Gasteiger partial charge >= 0.3 is 23.0 Å². The number of halogens is 1. The molecule has 5 rings (SSSR count). The van der Waals surface area contributed by atoms with Crippen LogP contribution in [0.3, 0.4) is 0 Å². The summed E-state index contributed by atoms with van der Waals surface area (Å²) in [6.45, 7) is 3.86. The topological polar surface area (TPSA) is 427 Å². The van der Waals surface area contributed by atoms with Gasteiger partial charge in [0.05, 0.1) is 28.1 Å². The van der Waals surface area contributed by atoms with Crippen molar-refractivity contribution in [2.75, 3.05) is 39.8 Å². The summed E-state index contributed by atoms with van der Waals surface area (Å²) in [7, 11) is 0. The van der Waals surface area contributed by atoms with Gasteiger partial charge in [0.1, 0.15) is 41.7 Å². The van der Waals surface area contributed by atoms with Gasteiger partial charge in [-0.1, -0.05) is 0 Å². The predicted molar refractivity (Wildman–Crippen MR) is 219 cm³/mol. The van der Waals surface area contributed by atoms with Crippen LogP contribution < -0.4 is 5.32 Å². The summed E-state index contributed by atoms with van der Waals surface area (Å²) in [6, 6.07) is 10.2. The molecule has 0 aliphatic carbocycles. The number of phenols is 6. The molecule has 3 aromatic rings. The normalized spacial score (nSPS) is 13.5. The minimum Gasteiger partial charge on any atom is -0.504 e. The number of rotatable bonds is 9. The van der Waals surface area contributed by atoms with E-state index in [4.69, 9.17) is 42.0 Å². The van der Waals surface area contributed by atoms with E-state index in [-0.39, 0.29) is 29.0 Å². The molecule has 2 saturated heterocycles. The number of hydrogen-bond donors (Lipinski definition) is 8. The second-order valence-corrected chi connectivity index (χ2v) is 12.8. The number of carboxylic acids is 1. The van der Waals surface area contributed by atoms with Crippen molar-refractivity contribution in [2.24, 2.45) is 0 Å². The number of nitrogens with one attached hydrogen (secondary N) is 1. The molecule has 0 bridgehead atoms. The number of nitriles is 3. The number of benzene rings is 3. The van der Waals surface area contributed by atoms with Gasteiger partial charge in [0.25, 0.3) is 11.1 Å². The SMILES string of the molecule is C1CNCOC1.N#C/C(=C\c1cc(O)c(O)c([N+](=O)[O-])c1)C(=O)Cl.N#C/C(=C\c1cc(O)c(O)c([N+](=O)[O-])c1)C(=O)N1CCCOC1.N#C/C(=C\c1cc(O)c(O)c([N+](=O)[O-])c1)C(=O)O. The quantitative estimate of drug-likeness (QED) is 0.0378. The molecule has 2 fully saturated rings. The number of hydrogen-bond acceptors (Lipinski definition) is 21. The average molecular weight is 925 g/mol. The number of nitro benzene ring substituents is 3. The summed E-state index contributed by atoms with van der Waals surface area (Å²) in [6.07, 6.45) is 4.73. The molecule has 0 aromatic heterocycles. The molecule has 3 aromatic carbocycles. The number of amides is 1. The van der Waals surface area contributed by atoms with E-state index in [1.807, 2.05) is 0 Å². The summed E-state index contributed by atoms with van der Waals surface area (Å²) in [5, 5.41) is 125. The lowest BCUT2D eigenvalue weighted by Crippen LogP contribution is -2.38. The highest BCUT2D eigenvalue weighted by molar-refractivity contribution is 6.68. The number of ether oxygens (including phenoxy) is 2. The molecule has 8 N–H and O–H groups in total. The fraction of sp³-hybridized carbons (Fsp3) is 0.211. The Balaban J connectivity index is 0.000000317. The molecule has 26 nitrogen and oxygen atoms in total. The maximum absolute atomic E-state index is 12.2. The molecule has 27 heteroatoms. The van der Waals surface area contributed by atoms with Gasteiger partial charge in [0.15, 0.2) is 17.2 Å². The van der Waals surface area contributed by atoms with Crippen molar-refractivity contribution in [3.63, 3.8) is 0 Å². The smallest absolute Gasteiger partial charge is 0.346 e. The second kappa shape index (κ2) is 25.2. The van der Waals surface area contributed by atoms with E-state index in [1.54, 1.807) is 6.07 Å². The third-order valence-electron chi connectivity index (χ3n) is 7.93. The number of aliphatic carboxylic acids is 1. The Morgan fingerprint density at radius 2 is 1.06 bits per heavy atom. The Bertz CT molecular complexity index is 2450. The number of nitrogens with zero attached hydrogens (tertiary/aromatic N) is 7. The van der Waals surface area contributed by atoms with E-state index in [9.17, 15) is 75.4 Å². The number of carboxylic acid groups (broad SMARTS) is 1. The molecular formula is C38H33ClN8O18. The molecule has 2 aliphatic rings. The minimum atomic E-state index is -1.51. The first kappa shape index (κ1) is 52.3. The number of phenolic OH excluding ortho intramolecular Hbond substituents is 6. The van der Waals surface area contributed by atoms with Crippen LogP contribution in [0.5, 0.6) is 34.5 Å². The van der Waals surface area contributed by atoms with Crippen LogP contribution in [0.25, 0.3) is 18.2 Å². The van der Waals surface area contributed by atoms with Crippen LogP contribution in [0.4, 0.5) is 17.1 Å². The zero-order valence-electron chi connectivity index (χ0n) is 33.0. The number of carbonyl (C=O) groups is 3. The summed E-state index contributed by atoms with van der Waals surface area (Å²) in [4.78, 5) is 64.1. The van der Waals surface area contributed by atoms with E-state index in [0.717, 1.165) is 74.5 Å². The first-order chi connectivity index (χ1) is 30.7. The summed E-state index contributed by atoms with van der Waals surface area (Å²) in [5.41, 5.74) is -3.67. The Morgan fingerprint density at radius 1 is 0.662 bits per heavy atom. The predicted octanol–water partition coefficient (Wildman–Crippen LogP) is 3.75. The van der Waals surface area contributed by atoms with E-state index >= 15 is 0 Å². The number of allylic oxidation sites excluding steroid dienone is 1. The number of aromatic hydroxyl groups is 6. The Kier molecular flexibility index (Phi) is 20.2. The highest BCUT2D eigenvalue weighted by Gasteiger charge is 2.24. The molecule has 0 spiro atoms. The summed E-state index contributed by atoms with van der Waals surface area (Å²) in [5.74, 6) is -7.00. The van der Waals surface area contributed by atoms with Gasteiger partial charge in [0, 0.05) is 31.4 Å². The van der Waals surface area contributed by atoms with Crippen LogP contribution in [-0.4, -0.2) is 112 Å². The van der Waals surface area contributed by atoms with Crippen LogP contribution in [0.2, 0.25) is 0 Å². The van der Waals surface area contributed by atoms with Gasteiger partial charge in [-0.05, 0) is 84.1 Å². The summed E-state index contributed by atoms with van der Waals surface area (Å²) < 4.78 is 10.1. The fourth-order valence-corrected chi connectivity index (χ4v) is 5.00. The van der Waals surface area contributed by atoms with Crippen molar-refractivity contribution in [2.45, 2.75) is 12.8 Å². The molecule has 0 saturated carbocycles. The first-order valence-corrected chi connectivity index (χ1v) is 18.1. The lowest BCUT2D eigenvalue weighted by Gasteiger charge is -2.26. The monoisotopic (exact) mass is 924 g/mol. The van der Waals surface area contributed by atoms with Gasteiger partial charge < -0.3 is 50.1 Å². The molecule has 340 valence electrons. The first-order valence-electron chi connectivity index (χ1n) is 17.7. The zero-order chi connectivity index (χ0) is 49.0. The lowest BCUT2D eigenvalue weighted by molar-refractivity contribution is -0.386. The third kappa shape index (κ3) is 15.8. The van der Waals surface area contributed by atoms with E-state index in [0.29, 0.717) is 19.6 Å². The molecule has 0 atom stereocenters. The highest BCUT2D eigenvalue weighted by atomic mass is 35.5. The van der Waals surface area contributed by atoms with Crippen molar-refractivity contribution in [3.8, 4) is 52.7 Å². The third-order valence-corrected chi connectivity index (χ3v) is 8.13. The van der Waals surface area contributed by atoms with Gasteiger partial charge in [-0.2, -0.15) is 15.8 Å². The highest BCUT2D eigenvalue weighted by Crippen LogP contribution is 2.38. The fourth-order valence-electron chi connectivity index (χ4n) is 4.90. The van der Waals surface area contributed by atoms with Crippen molar-refractivity contribution in [3.05, 3.63) is 100 Å². The van der Waals surface area contributed by atoms with E-state index < -0.39 is 94.6 Å². The molecule has 0 radical (unpaired) electrons. The molecular weight excluding hydrogens is 892 g/mol. The zero-order valence-corrected chi connectivity index (χ0v) is 33.7. The second-order valence-electron chi connectivity index (χ2n) is 12.4. The Labute approximate surface area is 369 Å². The number of nitro groups is 3. The molecule has 65 heavy (non-hydrogen) atoms. The van der Waals surface area contributed by atoms with Gasteiger partial charge in [-0.3, -0.25) is 45.2 Å². The van der Waals surface area contributed by atoms with Crippen LogP contribution in [0, 0.1) is 64.3 Å². The van der Waals surface area contributed by atoms with Crippen molar-refractivity contribution in [1.82, 2.24) is 10.2 Å². The Morgan fingerprint density at radius 3 is 1.34 bits per heavy atom. The van der Waals surface area contributed by atoms with Crippen molar-refractivity contribution in [1.29, 1.82) is 15.8 Å². The minimum absolute atomic E-state index is 0.0115. The van der Waals surface area contributed by atoms with Crippen LogP contribution in [0.1, 0.15) is 29.5 Å². The van der Waals surface area contributed by atoms with Gasteiger partial charge in [0.2, 0.25) is 17.2 Å². The van der Waals surface area contributed by atoms with Gasteiger partial charge in [-0.15, -0.1) is 0 Å². The van der Waals surface area contributed by atoms with E-state index in [1.165, 1.54) is 23.5 Å². The molecule has 0 unspecified atom stereocenters. The number of carbonyl (C=O) groups excluding carboxylic acids is 2. The van der Waals surface area contributed by atoms with E-state index in [2.05, 4.69) is 5.32 Å². The molecule has 2 heterocycles. The lowest BCUT2D eigenvalue weighted by atomic mass is 10.1. The average Bonchev–Trinajstić information content (AvgIpc) is 3.27. The van der Waals surface area contributed by atoms with Crippen LogP contribution in [0.15, 0.2) is 53.1 Å². The molecule has 2 aliphatic heterocycles. The van der Waals surface area contributed by atoms with Crippen LogP contribution in [-0.2, 0) is 23.9 Å². The van der Waals surface area contributed by atoms with Crippen LogP contribution >= 0.6 is 11.6 Å². The van der Waals surface area contributed by atoms with Gasteiger partial charge in [-0.25, -0.2) is 4.79 Å². The maximum Gasteiger partial charge on any atom is 0.346 e. The molecule has 1 amide bonds.